The minimum Gasteiger partial charge on any atom is -0.371 e. The van der Waals surface area contributed by atoms with Crippen LogP contribution in [0.5, 0.6) is 0 Å². The summed E-state index contributed by atoms with van der Waals surface area (Å²) in [6.45, 7) is 3.00. The molecular weight excluding hydrogens is 198 g/mol. The maximum absolute atomic E-state index is 6.04. The standard InChI is InChI=1S/C14H19NO/c1-2-6-13(7-3-1)15-10-11-16-14(12-15)8-4-5-9-14/h1-3,6-7H,4-5,8-12H2. The van der Waals surface area contributed by atoms with E-state index >= 15 is 0 Å². The Bertz CT molecular complexity index is 343. The van der Waals surface area contributed by atoms with Gasteiger partial charge in [-0.1, -0.05) is 31.0 Å². The fourth-order valence-corrected chi connectivity index (χ4v) is 3.03. The molecule has 0 amide bonds. The van der Waals surface area contributed by atoms with Gasteiger partial charge >= 0.3 is 0 Å². The first-order valence-electron chi connectivity index (χ1n) is 6.32. The lowest BCUT2D eigenvalue weighted by atomic mass is 9.99. The van der Waals surface area contributed by atoms with Crippen molar-refractivity contribution in [2.45, 2.75) is 31.3 Å². The van der Waals surface area contributed by atoms with Gasteiger partial charge in [-0.2, -0.15) is 0 Å². The lowest BCUT2D eigenvalue weighted by Crippen LogP contribution is -2.50. The average molecular weight is 217 g/mol. The maximum Gasteiger partial charge on any atom is 0.0857 e. The topological polar surface area (TPSA) is 12.5 Å². The molecule has 1 heterocycles. The second-order valence-electron chi connectivity index (χ2n) is 5.00. The van der Waals surface area contributed by atoms with E-state index in [1.54, 1.807) is 0 Å². The van der Waals surface area contributed by atoms with Crippen molar-refractivity contribution in [3.8, 4) is 0 Å². The molecule has 0 atom stereocenters. The van der Waals surface area contributed by atoms with Gasteiger partial charge in [-0.3, -0.25) is 0 Å². The molecule has 1 saturated carbocycles. The van der Waals surface area contributed by atoms with E-state index in [1.807, 2.05) is 0 Å². The molecular formula is C14H19NO. The molecule has 0 radical (unpaired) electrons. The van der Waals surface area contributed by atoms with Gasteiger partial charge in [-0.15, -0.1) is 0 Å². The molecule has 1 aliphatic carbocycles. The molecule has 2 heteroatoms. The smallest absolute Gasteiger partial charge is 0.0857 e. The molecule has 2 nitrogen and oxygen atoms in total. The van der Waals surface area contributed by atoms with Crippen molar-refractivity contribution in [1.29, 1.82) is 0 Å². The summed E-state index contributed by atoms with van der Waals surface area (Å²) in [6, 6.07) is 10.7. The summed E-state index contributed by atoms with van der Waals surface area (Å²) in [5, 5.41) is 0. The first-order valence-corrected chi connectivity index (χ1v) is 6.32. The van der Waals surface area contributed by atoms with Gasteiger partial charge in [-0.05, 0) is 25.0 Å². The number of hydrogen-bond donors (Lipinski definition) is 0. The van der Waals surface area contributed by atoms with Gasteiger partial charge in [0.1, 0.15) is 0 Å². The fraction of sp³-hybridized carbons (Fsp3) is 0.571. The van der Waals surface area contributed by atoms with Crippen LogP contribution in [0.25, 0.3) is 0 Å². The molecule has 86 valence electrons. The third kappa shape index (κ3) is 1.82. The minimum absolute atomic E-state index is 0.175. The van der Waals surface area contributed by atoms with Crippen LogP contribution in [0.3, 0.4) is 0 Å². The van der Waals surface area contributed by atoms with Crippen molar-refractivity contribution in [3.05, 3.63) is 30.3 Å². The van der Waals surface area contributed by atoms with Gasteiger partial charge in [0.15, 0.2) is 0 Å². The fourth-order valence-electron chi connectivity index (χ4n) is 3.03. The van der Waals surface area contributed by atoms with E-state index in [1.165, 1.54) is 31.4 Å². The van der Waals surface area contributed by atoms with Crippen LogP contribution < -0.4 is 4.90 Å². The first-order chi connectivity index (χ1) is 7.88. The van der Waals surface area contributed by atoms with E-state index in [4.69, 9.17) is 4.74 Å². The van der Waals surface area contributed by atoms with Gasteiger partial charge in [-0.25, -0.2) is 0 Å². The first kappa shape index (κ1) is 10.2. The van der Waals surface area contributed by atoms with Crippen molar-refractivity contribution in [1.82, 2.24) is 0 Å². The highest BCUT2D eigenvalue weighted by atomic mass is 16.5. The number of ether oxygens (including phenoxy) is 1. The molecule has 1 aromatic carbocycles. The SMILES string of the molecule is c1ccc(N2CCOC3(CCCC3)C2)cc1. The molecule has 16 heavy (non-hydrogen) atoms. The average Bonchev–Trinajstić information content (AvgIpc) is 2.78. The summed E-state index contributed by atoms with van der Waals surface area (Å²) in [7, 11) is 0. The van der Waals surface area contributed by atoms with E-state index in [0.717, 1.165) is 19.7 Å². The van der Waals surface area contributed by atoms with Crippen LogP contribution in [0.2, 0.25) is 0 Å². The Hall–Kier alpha value is -1.02. The van der Waals surface area contributed by atoms with Crippen molar-refractivity contribution in [2.24, 2.45) is 0 Å². The Morgan fingerprint density at radius 1 is 1.06 bits per heavy atom. The molecule has 3 rings (SSSR count). The van der Waals surface area contributed by atoms with E-state index in [0.29, 0.717) is 0 Å². The monoisotopic (exact) mass is 217 g/mol. The third-order valence-corrected chi connectivity index (χ3v) is 3.88. The number of rotatable bonds is 1. The minimum atomic E-state index is 0.175. The summed E-state index contributed by atoms with van der Waals surface area (Å²) < 4.78 is 6.04. The summed E-state index contributed by atoms with van der Waals surface area (Å²) in [6.07, 6.45) is 5.16. The maximum atomic E-state index is 6.04. The van der Waals surface area contributed by atoms with E-state index in [9.17, 15) is 0 Å². The Morgan fingerprint density at radius 2 is 1.81 bits per heavy atom. The largest absolute Gasteiger partial charge is 0.371 e. The zero-order valence-corrected chi connectivity index (χ0v) is 9.69. The summed E-state index contributed by atoms with van der Waals surface area (Å²) in [4.78, 5) is 2.48. The van der Waals surface area contributed by atoms with Crippen LogP contribution in [-0.4, -0.2) is 25.3 Å². The Kier molecular flexibility index (Phi) is 2.60. The molecule has 1 aliphatic heterocycles. The number of morpholine rings is 1. The molecule has 0 bridgehead atoms. The van der Waals surface area contributed by atoms with Gasteiger partial charge in [0.25, 0.3) is 0 Å². The molecule has 2 fully saturated rings. The van der Waals surface area contributed by atoms with Crippen molar-refractivity contribution in [2.75, 3.05) is 24.6 Å². The van der Waals surface area contributed by atoms with Crippen LogP contribution in [0.4, 0.5) is 5.69 Å². The predicted octanol–water partition coefficient (Wildman–Crippen LogP) is 2.84. The van der Waals surface area contributed by atoms with Crippen LogP contribution in [0.15, 0.2) is 30.3 Å². The van der Waals surface area contributed by atoms with Crippen molar-refractivity contribution < 1.29 is 4.74 Å². The lowest BCUT2D eigenvalue weighted by Gasteiger charge is -2.41. The lowest BCUT2D eigenvalue weighted by molar-refractivity contribution is -0.0501. The zero-order chi connectivity index (χ0) is 10.8. The highest BCUT2D eigenvalue weighted by Gasteiger charge is 2.39. The predicted molar refractivity (Wildman–Crippen MR) is 65.8 cm³/mol. The number of nitrogens with zero attached hydrogens (tertiary/aromatic N) is 1. The zero-order valence-electron chi connectivity index (χ0n) is 9.69. The van der Waals surface area contributed by atoms with Crippen molar-refractivity contribution in [3.63, 3.8) is 0 Å². The number of anilines is 1. The van der Waals surface area contributed by atoms with Gasteiger partial charge < -0.3 is 9.64 Å². The van der Waals surface area contributed by atoms with Crippen LogP contribution >= 0.6 is 0 Å². The molecule has 0 aromatic heterocycles. The molecule has 1 spiro atoms. The van der Waals surface area contributed by atoms with E-state index in [-0.39, 0.29) is 5.60 Å². The Balaban J connectivity index is 1.77. The molecule has 0 N–H and O–H groups in total. The van der Waals surface area contributed by atoms with E-state index in [2.05, 4.69) is 35.2 Å². The van der Waals surface area contributed by atoms with Gasteiger partial charge in [0.05, 0.1) is 12.2 Å². The second kappa shape index (κ2) is 4.10. The van der Waals surface area contributed by atoms with Gasteiger partial charge in [0, 0.05) is 18.8 Å². The molecule has 0 unspecified atom stereocenters. The Labute approximate surface area is 97.2 Å². The van der Waals surface area contributed by atoms with Gasteiger partial charge in [0.2, 0.25) is 0 Å². The third-order valence-electron chi connectivity index (χ3n) is 3.88. The normalized spacial score (nSPS) is 23.9. The summed E-state index contributed by atoms with van der Waals surface area (Å²) >= 11 is 0. The second-order valence-corrected chi connectivity index (χ2v) is 5.00. The highest BCUT2D eigenvalue weighted by molar-refractivity contribution is 5.46. The quantitative estimate of drug-likeness (QED) is 0.717. The van der Waals surface area contributed by atoms with Crippen LogP contribution in [0.1, 0.15) is 25.7 Å². The molecule has 1 saturated heterocycles. The summed E-state index contributed by atoms with van der Waals surface area (Å²) in [5.74, 6) is 0. The van der Waals surface area contributed by atoms with Crippen LogP contribution in [0, 0.1) is 0 Å². The number of benzene rings is 1. The highest BCUT2D eigenvalue weighted by Crippen LogP contribution is 2.36. The molecule has 1 aromatic rings. The number of para-hydroxylation sites is 1. The van der Waals surface area contributed by atoms with E-state index < -0.39 is 0 Å². The van der Waals surface area contributed by atoms with Crippen LogP contribution in [-0.2, 0) is 4.74 Å². The summed E-state index contributed by atoms with van der Waals surface area (Å²) in [5.41, 5.74) is 1.52. The molecule has 2 aliphatic rings. The number of hydrogen-bond acceptors (Lipinski definition) is 2. The Morgan fingerprint density at radius 3 is 2.56 bits per heavy atom. The van der Waals surface area contributed by atoms with Crippen molar-refractivity contribution >= 4 is 5.69 Å².